The molecule has 1 heterocycles. The Morgan fingerprint density at radius 1 is 0.645 bits per heavy atom. The molecular formula is C27H26BNO2. The molecule has 31 heavy (non-hydrogen) atoms. The summed E-state index contributed by atoms with van der Waals surface area (Å²) in [5.41, 5.74) is 4.77. The maximum Gasteiger partial charge on any atom is 0.225 e. The highest BCUT2D eigenvalue weighted by atomic mass is 16.5. The number of ether oxygens (including phenoxy) is 2. The second-order valence-corrected chi connectivity index (χ2v) is 6.67. The van der Waals surface area contributed by atoms with Gasteiger partial charge in [0, 0.05) is 11.6 Å². The van der Waals surface area contributed by atoms with E-state index in [1.165, 1.54) is 0 Å². The number of hydrogen-bond acceptors (Lipinski definition) is 3. The first kappa shape index (κ1) is 22.2. The third kappa shape index (κ3) is 6.48. The van der Waals surface area contributed by atoms with Crippen LogP contribution in [0.1, 0.15) is 25.0 Å². The Balaban J connectivity index is 0.00000132. The number of pyridine rings is 1. The predicted octanol–water partition coefficient (Wildman–Crippen LogP) is 5.73. The standard InChI is InChI=1S/C25H20BNO2.C2H6/c26-22-13-11-21(12-14-22)23-15-16-24(28-17-19-7-3-1-4-8-19)27-25(23)29-18-20-9-5-2-6-10-20;1-2/h1-16H,17-18H2;1-2H3. The molecule has 0 aliphatic carbocycles. The van der Waals surface area contributed by atoms with Crippen LogP contribution in [-0.2, 0) is 13.2 Å². The van der Waals surface area contributed by atoms with Gasteiger partial charge in [-0.3, -0.25) is 0 Å². The molecule has 0 fully saturated rings. The summed E-state index contributed by atoms with van der Waals surface area (Å²) >= 11 is 0. The fraction of sp³-hybridized carbons (Fsp3) is 0.148. The number of nitrogens with zero attached hydrogens (tertiary/aromatic N) is 1. The van der Waals surface area contributed by atoms with Crippen LogP contribution in [0.4, 0.5) is 0 Å². The van der Waals surface area contributed by atoms with Crippen LogP contribution in [0, 0.1) is 0 Å². The van der Waals surface area contributed by atoms with Gasteiger partial charge in [-0.15, -0.1) is 0 Å². The van der Waals surface area contributed by atoms with E-state index in [1.54, 1.807) is 0 Å². The number of aromatic nitrogens is 1. The Bertz CT molecular complexity index is 1050. The topological polar surface area (TPSA) is 31.4 Å². The van der Waals surface area contributed by atoms with Crippen LogP contribution in [0.15, 0.2) is 97.1 Å². The van der Waals surface area contributed by atoms with Gasteiger partial charge in [0.2, 0.25) is 11.8 Å². The first-order valence-corrected chi connectivity index (χ1v) is 10.5. The average molecular weight is 407 g/mol. The second-order valence-electron chi connectivity index (χ2n) is 6.67. The maximum absolute atomic E-state index is 6.08. The molecule has 0 amide bonds. The molecule has 0 bridgehead atoms. The van der Waals surface area contributed by atoms with E-state index >= 15 is 0 Å². The molecule has 0 saturated heterocycles. The van der Waals surface area contributed by atoms with E-state index in [2.05, 4.69) is 4.98 Å². The Kier molecular flexibility index (Phi) is 8.30. The third-order valence-corrected chi connectivity index (χ3v) is 4.50. The quantitative estimate of drug-likeness (QED) is 0.367. The zero-order valence-electron chi connectivity index (χ0n) is 18.0. The van der Waals surface area contributed by atoms with Gasteiger partial charge in [-0.2, -0.15) is 4.98 Å². The molecule has 0 saturated carbocycles. The lowest BCUT2D eigenvalue weighted by atomic mass is 9.94. The SMILES string of the molecule is CC.[B]c1ccc(-c2ccc(OCc3ccccc3)nc2OCc2ccccc2)cc1. The molecule has 154 valence electrons. The lowest BCUT2D eigenvalue weighted by molar-refractivity contribution is 0.268. The minimum Gasteiger partial charge on any atom is -0.473 e. The van der Waals surface area contributed by atoms with Crippen LogP contribution in [0.3, 0.4) is 0 Å². The Labute approximate surface area is 186 Å². The van der Waals surface area contributed by atoms with Crippen molar-refractivity contribution in [3.8, 4) is 22.9 Å². The molecule has 0 spiro atoms. The van der Waals surface area contributed by atoms with Crippen molar-refractivity contribution < 1.29 is 9.47 Å². The lowest BCUT2D eigenvalue weighted by Crippen LogP contribution is -2.03. The molecule has 0 N–H and O–H groups in total. The van der Waals surface area contributed by atoms with Gasteiger partial charge in [0.05, 0.1) is 0 Å². The zero-order chi connectivity index (χ0) is 21.9. The van der Waals surface area contributed by atoms with Crippen molar-refractivity contribution in [3.63, 3.8) is 0 Å². The lowest BCUT2D eigenvalue weighted by Gasteiger charge is -2.13. The van der Waals surface area contributed by atoms with E-state index in [0.717, 1.165) is 27.7 Å². The predicted molar refractivity (Wildman–Crippen MR) is 128 cm³/mol. The number of benzene rings is 3. The van der Waals surface area contributed by atoms with Gasteiger partial charge < -0.3 is 9.47 Å². The highest BCUT2D eigenvalue weighted by Crippen LogP contribution is 2.31. The van der Waals surface area contributed by atoms with Crippen molar-refractivity contribution in [2.45, 2.75) is 27.1 Å². The summed E-state index contributed by atoms with van der Waals surface area (Å²) in [5.74, 6) is 1.06. The molecule has 1 aromatic heterocycles. The molecule has 4 rings (SSSR count). The summed E-state index contributed by atoms with van der Waals surface area (Å²) in [4.78, 5) is 4.63. The molecule has 0 aliphatic heterocycles. The van der Waals surface area contributed by atoms with Crippen molar-refractivity contribution in [1.29, 1.82) is 0 Å². The van der Waals surface area contributed by atoms with E-state index in [4.69, 9.17) is 17.3 Å². The van der Waals surface area contributed by atoms with Crippen LogP contribution in [0.2, 0.25) is 0 Å². The molecule has 0 atom stereocenters. The molecule has 3 nitrogen and oxygen atoms in total. The summed E-state index contributed by atoms with van der Waals surface area (Å²) in [6, 6.07) is 31.5. The van der Waals surface area contributed by atoms with Crippen LogP contribution in [0.25, 0.3) is 11.1 Å². The van der Waals surface area contributed by atoms with Gasteiger partial charge in [-0.25, -0.2) is 0 Å². The van der Waals surface area contributed by atoms with Crippen molar-refractivity contribution in [2.24, 2.45) is 0 Å². The Morgan fingerprint density at radius 3 is 1.77 bits per heavy atom. The number of hydrogen-bond donors (Lipinski definition) is 0. The van der Waals surface area contributed by atoms with E-state index in [9.17, 15) is 0 Å². The third-order valence-electron chi connectivity index (χ3n) is 4.50. The van der Waals surface area contributed by atoms with Gasteiger partial charge in [0.25, 0.3) is 0 Å². The highest BCUT2D eigenvalue weighted by molar-refractivity contribution is 6.32. The zero-order valence-corrected chi connectivity index (χ0v) is 18.0. The van der Waals surface area contributed by atoms with Gasteiger partial charge in [-0.05, 0) is 22.8 Å². The van der Waals surface area contributed by atoms with E-state index < -0.39 is 0 Å². The van der Waals surface area contributed by atoms with Gasteiger partial charge in [-0.1, -0.05) is 104 Å². The van der Waals surface area contributed by atoms with Crippen molar-refractivity contribution in [2.75, 3.05) is 0 Å². The molecule has 0 unspecified atom stereocenters. The molecule has 4 aromatic rings. The smallest absolute Gasteiger partial charge is 0.225 e. The van der Waals surface area contributed by atoms with Gasteiger partial charge in [0.1, 0.15) is 21.1 Å². The molecule has 3 aromatic carbocycles. The van der Waals surface area contributed by atoms with E-state index in [0.29, 0.717) is 25.0 Å². The van der Waals surface area contributed by atoms with Crippen LogP contribution in [0.5, 0.6) is 11.8 Å². The maximum atomic E-state index is 6.08. The minimum absolute atomic E-state index is 0.429. The Hall–Kier alpha value is -3.53. The van der Waals surface area contributed by atoms with Crippen LogP contribution in [-0.4, -0.2) is 12.8 Å². The summed E-state index contributed by atoms with van der Waals surface area (Å²) in [6.07, 6.45) is 0. The van der Waals surface area contributed by atoms with Crippen molar-refractivity contribution >= 4 is 13.3 Å². The summed E-state index contributed by atoms with van der Waals surface area (Å²) in [6.45, 7) is 4.88. The summed E-state index contributed by atoms with van der Waals surface area (Å²) in [7, 11) is 5.83. The first-order chi connectivity index (χ1) is 15.3. The molecule has 0 aliphatic rings. The average Bonchev–Trinajstić information content (AvgIpc) is 2.85. The van der Waals surface area contributed by atoms with Crippen molar-refractivity contribution in [1.82, 2.24) is 4.98 Å². The van der Waals surface area contributed by atoms with Crippen LogP contribution >= 0.6 is 0 Å². The fourth-order valence-corrected chi connectivity index (χ4v) is 2.95. The largest absolute Gasteiger partial charge is 0.473 e. The summed E-state index contributed by atoms with van der Waals surface area (Å²) in [5, 5.41) is 0. The summed E-state index contributed by atoms with van der Waals surface area (Å²) < 4.78 is 12.0. The van der Waals surface area contributed by atoms with Gasteiger partial charge >= 0.3 is 0 Å². The van der Waals surface area contributed by atoms with Gasteiger partial charge in [0.15, 0.2) is 0 Å². The fourth-order valence-electron chi connectivity index (χ4n) is 2.95. The van der Waals surface area contributed by atoms with Crippen molar-refractivity contribution in [3.05, 3.63) is 108 Å². The first-order valence-electron chi connectivity index (χ1n) is 10.5. The van der Waals surface area contributed by atoms with E-state index in [1.807, 2.05) is 111 Å². The highest BCUT2D eigenvalue weighted by Gasteiger charge is 2.11. The monoisotopic (exact) mass is 407 g/mol. The molecular weight excluding hydrogens is 381 g/mol. The van der Waals surface area contributed by atoms with Crippen LogP contribution < -0.4 is 14.9 Å². The molecule has 4 heteroatoms. The number of rotatable bonds is 7. The molecule has 2 radical (unpaired) electrons. The second kappa shape index (κ2) is 11.6. The Morgan fingerprint density at radius 2 is 1.19 bits per heavy atom. The van der Waals surface area contributed by atoms with E-state index in [-0.39, 0.29) is 0 Å². The normalized spacial score (nSPS) is 10.0. The minimum atomic E-state index is 0.429.